The van der Waals surface area contributed by atoms with Gasteiger partial charge in [-0.1, -0.05) is 13.8 Å². The number of aliphatic hydroxyl groups excluding tert-OH is 1. The van der Waals surface area contributed by atoms with E-state index in [4.69, 9.17) is 5.11 Å². The van der Waals surface area contributed by atoms with Crippen LogP contribution >= 0.6 is 0 Å². The molecule has 7 heteroatoms. The number of carbonyl (C=O) groups excluding carboxylic acids is 1. The Morgan fingerprint density at radius 1 is 1.20 bits per heavy atom. The molecule has 1 N–H and O–H groups in total. The summed E-state index contributed by atoms with van der Waals surface area (Å²) in [5, 5.41) is 9.01. The molecule has 118 valence electrons. The highest BCUT2D eigenvalue weighted by molar-refractivity contribution is 5.76. The Kier molecular flexibility index (Phi) is 6.26. The largest absolute Gasteiger partial charge is 0.415 e. The molecule has 0 bridgehead atoms. The molecule has 1 aliphatic rings. The monoisotopic (exact) mass is 296 g/mol. The predicted molar refractivity (Wildman–Crippen MR) is 69.2 cm³/mol. The number of piperazine rings is 1. The van der Waals surface area contributed by atoms with Crippen molar-refractivity contribution in [3.05, 3.63) is 0 Å². The van der Waals surface area contributed by atoms with E-state index in [0.29, 0.717) is 38.5 Å². The van der Waals surface area contributed by atoms with Crippen molar-refractivity contribution in [1.82, 2.24) is 9.80 Å². The van der Waals surface area contributed by atoms with Gasteiger partial charge in [0, 0.05) is 39.1 Å². The maximum Gasteiger partial charge on any atom is 0.415 e. The zero-order chi connectivity index (χ0) is 15.3. The highest BCUT2D eigenvalue weighted by Gasteiger charge is 2.39. The fraction of sp³-hybridized carbons (Fsp3) is 0.923. The summed E-state index contributed by atoms with van der Waals surface area (Å²) in [6.45, 7) is 5.29. The van der Waals surface area contributed by atoms with Crippen LogP contribution in [0.4, 0.5) is 13.2 Å². The standard InChI is InChI=1S/C13H23F3N2O2/c1-10(2)3-4-12(20)18-7-5-17(6-8-18)9-11(19)13(14,15)16/h10-11,19H,3-9H2,1-2H3/t11-/m0/s1. The lowest BCUT2D eigenvalue weighted by atomic mass is 10.1. The number of β-amino-alcohol motifs (C(OH)–C–C–N with tert-alkyl or cyclic N) is 1. The molecule has 1 atom stereocenters. The molecule has 0 aromatic carbocycles. The third kappa shape index (κ3) is 5.66. The van der Waals surface area contributed by atoms with Gasteiger partial charge in [0.25, 0.3) is 0 Å². The van der Waals surface area contributed by atoms with Crippen LogP contribution in [0.25, 0.3) is 0 Å². The van der Waals surface area contributed by atoms with Crippen molar-refractivity contribution in [1.29, 1.82) is 0 Å². The van der Waals surface area contributed by atoms with Crippen LogP contribution in [0.2, 0.25) is 0 Å². The molecule has 1 fully saturated rings. The summed E-state index contributed by atoms with van der Waals surface area (Å²) >= 11 is 0. The number of aliphatic hydroxyl groups is 1. The van der Waals surface area contributed by atoms with Gasteiger partial charge < -0.3 is 10.0 Å². The molecule has 0 spiro atoms. The van der Waals surface area contributed by atoms with Crippen molar-refractivity contribution >= 4 is 5.91 Å². The molecule has 20 heavy (non-hydrogen) atoms. The second-order valence-electron chi connectivity index (χ2n) is 5.67. The van der Waals surface area contributed by atoms with Crippen LogP contribution in [-0.4, -0.2) is 65.8 Å². The van der Waals surface area contributed by atoms with Gasteiger partial charge in [0.05, 0.1) is 0 Å². The van der Waals surface area contributed by atoms with E-state index in [2.05, 4.69) is 0 Å². The van der Waals surface area contributed by atoms with Crippen molar-refractivity contribution in [3.63, 3.8) is 0 Å². The fourth-order valence-corrected chi connectivity index (χ4v) is 2.10. The molecule has 0 aromatic rings. The minimum absolute atomic E-state index is 0.0646. The van der Waals surface area contributed by atoms with Gasteiger partial charge in [-0.3, -0.25) is 9.69 Å². The summed E-state index contributed by atoms with van der Waals surface area (Å²) in [5.74, 6) is 0.525. The van der Waals surface area contributed by atoms with Gasteiger partial charge in [0.2, 0.25) is 5.91 Å². The zero-order valence-electron chi connectivity index (χ0n) is 12.0. The third-order valence-corrected chi connectivity index (χ3v) is 3.47. The Bertz CT molecular complexity index is 313. The van der Waals surface area contributed by atoms with Crippen molar-refractivity contribution in [2.24, 2.45) is 5.92 Å². The lowest BCUT2D eigenvalue weighted by molar-refractivity contribution is -0.209. The molecular formula is C13H23F3N2O2. The second kappa shape index (κ2) is 7.26. The first kappa shape index (κ1) is 17.2. The number of amides is 1. The Labute approximate surface area is 117 Å². The summed E-state index contributed by atoms with van der Waals surface area (Å²) in [5.41, 5.74) is 0. The van der Waals surface area contributed by atoms with Crippen LogP contribution in [0, 0.1) is 5.92 Å². The molecular weight excluding hydrogens is 273 g/mol. The fourth-order valence-electron chi connectivity index (χ4n) is 2.10. The SMILES string of the molecule is CC(C)CCC(=O)N1CCN(C[C@H](O)C(F)(F)F)CC1. The second-order valence-corrected chi connectivity index (χ2v) is 5.67. The summed E-state index contributed by atoms with van der Waals surface area (Å²) in [6.07, 6.45) is -5.58. The quantitative estimate of drug-likeness (QED) is 0.836. The van der Waals surface area contributed by atoms with E-state index in [1.807, 2.05) is 13.8 Å². The third-order valence-electron chi connectivity index (χ3n) is 3.47. The van der Waals surface area contributed by atoms with Gasteiger partial charge in [0.15, 0.2) is 6.10 Å². The van der Waals surface area contributed by atoms with E-state index < -0.39 is 18.8 Å². The number of carbonyl (C=O) groups is 1. The van der Waals surface area contributed by atoms with Crippen LogP contribution in [0.1, 0.15) is 26.7 Å². The molecule has 0 aromatic heterocycles. The van der Waals surface area contributed by atoms with Crippen molar-refractivity contribution in [2.75, 3.05) is 32.7 Å². The van der Waals surface area contributed by atoms with Crippen LogP contribution in [0.3, 0.4) is 0 Å². The van der Waals surface area contributed by atoms with Gasteiger partial charge >= 0.3 is 6.18 Å². The van der Waals surface area contributed by atoms with Crippen molar-refractivity contribution < 1.29 is 23.1 Å². The van der Waals surface area contributed by atoms with Crippen molar-refractivity contribution in [2.45, 2.75) is 39.0 Å². The summed E-state index contributed by atoms with van der Waals surface area (Å²) < 4.78 is 36.7. The van der Waals surface area contributed by atoms with Gasteiger partial charge in [-0.25, -0.2) is 0 Å². The first-order chi connectivity index (χ1) is 9.20. The molecule has 1 saturated heterocycles. The van der Waals surface area contributed by atoms with Gasteiger partial charge in [-0.05, 0) is 12.3 Å². The van der Waals surface area contributed by atoms with Crippen LogP contribution < -0.4 is 0 Å². The van der Waals surface area contributed by atoms with E-state index in [1.165, 1.54) is 0 Å². The summed E-state index contributed by atoms with van der Waals surface area (Å²) in [4.78, 5) is 15.1. The molecule has 4 nitrogen and oxygen atoms in total. The summed E-state index contributed by atoms with van der Waals surface area (Å²) in [7, 11) is 0. The van der Waals surface area contributed by atoms with E-state index in [1.54, 1.807) is 9.80 Å². The van der Waals surface area contributed by atoms with Crippen LogP contribution in [0.15, 0.2) is 0 Å². The normalized spacial score (nSPS) is 19.4. The molecule has 0 saturated carbocycles. The lowest BCUT2D eigenvalue weighted by Gasteiger charge is -2.36. The Morgan fingerprint density at radius 3 is 2.20 bits per heavy atom. The number of rotatable bonds is 5. The molecule has 0 radical (unpaired) electrons. The zero-order valence-corrected chi connectivity index (χ0v) is 12.0. The molecule has 0 aliphatic carbocycles. The average molecular weight is 296 g/mol. The van der Waals surface area contributed by atoms with E-state index in [0.717, 1.165) is 6.42 Å². The predicted octanol–water partition coefficient (Wildman–Crippen LogP) is 1.49. The smallest absolute Gasteiger partial charge is 0.382 e. The number of hydrogen-bond acceptors (Lipinski definition) is 3. The molecule has 1 heterocycles. The molecule has 1 amide bonds. The number of nitrogens with zero attached hydrogens (tertiary/aromatic N) is 2. The molecule has 0 unspecified atom stereocenters. The maximum atomic E-state index is 12.2. The Morgan fingerprint density at radius 2 is 1.75 bits per heavy atom. The van der Waals surface area contributed by atoms with Crippen LogP contribution in [-0.2, 0) is 4.79 Å². The van der Waals surface area contributed by atoms with E-state index in [9.17, 15) is 18.0 Å². The summed E-state index contributed by atoms with van der Waals surface area (Å²) in [6, 6.07) is 0. The van der Waals surface area contributed by atoms with E-state index in [-0.39, 0.29) is 5.91 Å². The molecule has 1 rings (SSSR count). The van der Waals surface area contributed by atoms with Gasteiger partial charge in [-0.2, -0.15) is 13.2 Å². The Balaban J connectivity index is 2.31. The highest BCUT2D eigenvalue weighted by Crippen LogP contribution is 2.21. The number of alkyl halides is 3. The van der Waals surface area contributed by atoms with Crippen LogP contribution in [0.5, 0.6) is 0 Å². The van der Waals surface area contributed by atoms with Crippen molar-refractivity contribution in [3.8, 4) is 0 Å². The average Bonchev–Trinajstić information content (AvgIpc) is 2.35. The highest BCUT2D eigenvalue weighted by atomic mass is 19.4. The lowest BCUT2D eigenvalue weighted by Crippen LogP contribution is -2.52. The topological polar surface area (TPSA) is 43.8 Å². The number of halogens is 3. The van der Waals surface area contributed by atoms with Gasteiger partial charge in [-0.15, -0.1) is 0 Å². The maximum absolute atomic E-state index is 12.2. The number of hydrogen-bond donors (Lipinski definition) is 1. The minimum atomic E-state index is -4.58. The van der Waals surface area contributed by atoms with E-state index >= 15 is 0 Å². The Hall–Kier alpha value is -0.820. The minimum Gasteiger partial charge on any atom is -0.382 e. The first-order valence-electron chi connectivity index (χ1n) is 6.95. The first-order valence-corrected chi connectivity index (χ1v) is 6.95. The van der Waals surface area contributed by atoms with Gasteiger partial charge in [0.1, 0.15) is 0 Å². The molecule has 1 aliphatic heterocycles.